The molecule has 3 aromatic rings. The lowest BCUT2D eigenvalue weighted by Gasteiger charge is -2.22. The van der Waals surface area contributed by atoms with Crippen LogP contribution >= 0.6 is 11.6 Å². The second-order valence-electron chi connectivity index (χ2n) is 7.81. The zero-order chi connectivity index (χ0) is 21.0. The van der Waals surface area contributed by atoms with Crippen molar-refractivity contribution in [2.24, 2.45) is 0 Å². The second kappa shape index (κ2) is 6.67. The topological polar surface area (TPSA) is 88.3 Å². The molecule has 30 heavy (non-hydrogen) atoms. The van der Waals surface area contributed by atoms with Crippen LogP contribution in [0.3, 0.4) is 0 Å². The number of fused-ring (bicyclic) bond motifs is 3. The van der Waals surface area contributed by atoms with E-state index in [4.69, 9.17) is 11.6 Å². The molecule has 1 N–H and O–H groups in total. The Kier molecular flexibility index (Phi) is 4.18. The molecule has 7 nitrogen and oxygen atoms in total. The van der Waals surface area contributed by atoms with Crippen LogP contribution in [0.15, 0.2) is 42.7 Å². The van der Waals surface area contributed by atoms with E-state index in [1.807, 2.05) is 16.9 Å². The van der Waals surface area contributed by atoms with E-state index in [0.717, 1.165) is 29.8 Å². The third-order valence-electron chi connectivity index (χ3n) is 5.91. The van der Waals surface area contributed by atoms with Gasteiger partial charge < -0.3 is 5.11 Å². The first-order valence-electron chi connectivity index (χ1n) is 9.82. The number of pyridine rings is 1. The Morgan fingerprint density at radius 3 is 2.87 bits per heavy atom. The van der Waals surface area contributed by atoms with Crippen LogP contribution < -0.4 is 4.90 Å². The summed E-state index contributed by atoms with van der Waals surface area (Å²) in [5.41, 5.74) is 3.06. The van der Waals surface area contributed by atoms with Gasteiger partial charge in [0, 0.05) is 29.9 Å². The first-order chi connectivity index (χ1) is 14.4. The number of amides is 1. The number of rotatable bonds is 4. The highest BCUT2D eigenvalue weighted by Gasteiger charge is 2.55. The molecule has 0 unspecified atom stereocenters. The third-order valence-corrected chi connectivity index (χ3v) is 6.14. The number of carbonyl (C=O) groups excluding carboxylic acids is 1. The van der Waals surface area contributed by atoms with E-state index in [1.54, 1.807) is 29.3 Å². The predicted octanol–water partition coefficient (Wildman–Crippen LogP) is 3.75. The van der Waals surface area contributed by atoms with Crippen LogP contribution in [0.1, 0.15) is 40.7 Å². The summed E-state index contributed by atoms with van der Waals surface area (Å²) in [6.07, 6.45) is 5.33. The SMILES string of the molecule is CCCn1cc(N2C(=O)[C@]3(Cc4ccc(C(=O)O)nc4C3)c3ccc(Cl)cc32)cn1. The summed E-state index contributed by atoms with van der Waals surface area (Å²) in [7, 11) is 0. The summed E-state index contributed by atoms with van der Waals surface area (Å²) >= 11 is 6.28. The van der Waals surface area contributed by atoms with E-state index in [2.05, 4.69) is 17.0 Å². The molecule has 1 aromatic carbocycles. The first kappa shape index (κ1) is 18.8. The number of hydrogen-bond donors (Lipinski definition) is 1. The molecule has 0 saturated heterocycles. The van der Waals surface area contributed by atoms with Gasteiger partial charge in [0.05, 0.1) is 23.0 Å². The van der Waals surface area contributed by atoms with Gasteiger partial charge in [-0.1, -0.05) is 30.7 Å². The monoisotopic (exact) mass is 422 g/mol. The molecular formula is C22H19ClN4O3. The summed E-state index contributed by atoms with van der Waals surface area (Å²) in [5.74, 6) is -1.14. The van der Waals surface area contributed by atoms with Gasteiger partial charge in [-0.3, -0.25) is 14.4 Å². The van der Waals surface area contributed by atoms with E-state index in [0.29, 0.717) is 29.2 Å². The molecule has 1 amide bonds. The summed E-state index contributed by atoms with van der Waals surface area (Å²) in [5, 5.41) is 14.2. The quantitative estimate of drug-likeness (QED) is 0.691. The van der Waals surface area contributed by atoms with Crippen LogP contribution in [0.25, 0.3) is 0 Å². The Bertz CT molecular complexity index is 1200. The fourth-order valence-electron chi connectivity index (χ4n) is 4.59. The highest BCUT2D eigenvalue weighted by molar-refractivity contribution is 6.31. The largest absolute Gasteiger partial charge is 0.477 e. The summed E-state index contributed by atoms with van der Waals surface area (Å²) in [4.78, 5) is 31.2. The molecule has 1 spiro atoms. The van der Waals surface area contributed by atoms with Crippen molar-refractivity contribution < 1.29 is 14.7 Å². The third kappa shape index (κ3) is 2.65. The molecule has 5 rings (SSSR count). The van der Waals surface area contributed by atoms with Crippen molar-refractivity contribution in [1.29, 1.82) is 0 Å². The molecule has 2 aliphatic rings. The number of hydrogen-bond acceptors (Lipinski definition) is 4. The van der Waals surface area contributed by atoms with E-state index < -0.39 is 11.4 Å². The fraction of sp³-hybridized carbons (Fsp3) is 0.273. The lowest BCUT2D eigenvalue weighted by atomic mass is 9.79. The minimum atomic E-state index is -1.08. The van der Waals surface area contributed by atoms with Crippen LogP contribution in [0.4, 0.5) is 11.4 Å². The highest BCUT2D eigenvalue weighted by Crippen LogP contribution is 2.52. The maximum absolute atomic E-state index is 13.9. The van der Waals surface area contributed by atoms with Crippen LogP contribution in [0.5, 0.6) is 0 Å². The van der Waals surface area contributed by atoms with Crippen LogP contribution in [0.2, 0.25) is 5.02 Å². The number of carbonyl (C=O) groups is 2. The summed E-state index contributed by atoms with van der Waals surface area (Å²) < 4.78 is 1.82. The van der Waals surface area contributed by atoms with Crippen molar-refractivity contribution in [2.45, 2.75) is 38.1 Å². The van der Waals surface area contributed by atoms with Crippen molar-refractivity contribution >= 4 is 34.9 Å². The molecule has 1 aliphatic heterocycles. The molecule has 8 heteroatoms. The number of halogens is 1. The average Bonchev–Trinajstić information content (AvgIpc) is 3.38. The number of aromatic nitrogens is 3. The first-order valence-corrected chi connectivity index (χ1v) is 10.2. The van der Waals surface area contributed by atoms with Gasteiger partial charge in [0.25, 0.3) is 0 Å². The summed E-state index contributed by atoms with van der Waals surface area (Å²) in [6, 6.07) is 8.76. The number of carboxylic acid groups (broad SMARTS) is 1. The average molecular weight is 423 g/mol. The smallest absolute Gasteiger partial charge is 0.354 e. The van der Waals surface area contributed by atoms with Crippen molar-refractivity contribution in [3.63, 3.8) is 0 Å². The van der Waals surface area contributed by atoms with Gasteiger partial charge in [-0.05, 0) is 42.2 Å². The normalized spacial score (nSPS) is 19.4. The molecule has 1 atom stereocenters. The van der Waals surface area contributed by atoms with Crippen LogP contribution in [0, 0.1) is 0 Å². The number of aromatic carboxylic acids is 1. The molecule has 0 fully saturated rings. The Balaban J connectivity index is 1.62. The van der Waals surface area contributed by atoms with Crippen LogP contribution in [-0.4, -0.2) is 31.7 Å². The predicted molar refractivity (Wildman–Crippen MR) is 111 cm³/mol. The molecule has 152 valence electrons. The van der Waals surface area contributed by atoms with Crippen molar-refractivity contribution in [3.05, 3.63) is 70.3 Å². The minimum Gasteiger partial charge on any atom is -0.477 e. The molecule has 2 aromatic heterocycles. The number of anilines is 2. The zero-order valence-electron chi connectivity index (χ0n) is 16.3. The molecule has 0 saturated carbocycles. The number of aryl methyl sites for hydroxylation is 1. The van der Waals surface area contributed by atoms with Crippen molar-refractivity contribution in [2.75, 3.05) is 4.90 Å². The molecule has 0 bridgehead atoms. The van der Waals surface area contributed by atoms with E-state index in [9.17, 15) is 14.7 Å². The van der Waals surface area contributed by atoms with Gasteiger partial charge in [-0.15, -0.1) is 0 Å². The number of benzene rings is 1. The zero-order valence-corrected chi connectivity index (χ0v) is 17.1. The van der Waals surface area contributed by atoms with Crippen molar-refractivity contribution in [3.8, 4) is 0 Å². The fourth-order valence-corrected chi connectivity index (χ4v) is 4.75. The van der Waals surface area contributed by atoms with E-state index in [-0.39, 0.29) is 11.6 Å². The Morgan fingerprint density at radius 1 is 1.27 bits per heavy atom. The van der Waals surface area contributed by atoms with E-state index in [1.165, 1.54) is 6.07 Å². The Labute approximate surface area is 177 Å². The van der Waals surface area contributed by atoms with Gasteiger partial charge in [-0.2, -0.15) is 5.10 Å². The van der Waals surface area contributed by atoms with Gasteiger partial charge in [0.2, 0.25) is 5.91 Å². The minimum absolute atomic E-state index is 0.00901. The van der Waals surface area contributed by atoms with Gasteiger partial charge in [0.1, 0.15) is 5.69 Å². The lowest BCUT2D eigenvalue weighted by Crippen LogP contribution is -2.39. The maximum atomic E-state index is 13.9. The number of carboxylic acids is 1. The van der Waals surface area contributed by atoms with E-state index >= 15 is 0 Å². The number of nitrogens with zero attached hydrogens (tertiary/aromatic N) is 4. The molecule has 1 aliphatic carbocycles. The molecule has 0 radical (unpaired) electrons. The standard InChI is InChI=1S/C22H19ClN4O3/c1-2-7-26-12-15(11-24-26)27-19-8-14(23)4-5-16(19)22(21(27)30)9-13-3-6-17(20(28)29)25-18(13)10-22/h3-6,8,11-12H,2,7,9-10H2,1H3,(H,28,29)/t22-/m0/s1. The second-order valence-corrected chi connectivity index (χ2v) is 8.24. The van der Waals surface area contributed by atoms with Gasteiger partial charge in [-0.25, -0.2) is 9.78 Å². The van der Waals surface area contributed by atoms with Gasteiger partial charge in [0.15, 0.2) is 0 Å². The lowest BCUT2D eigenvalue weighted by molar-refractivity contribution is -0.122. The maximum Gasteiger partial charge on any atom is 0.354 e. The molecular weight excluding hydrogens is 404 g/mol. The van der Waals surface area contributed by atoms with Gasteiger partial charge >= 0.3 is 5.97 Å². The Morgan fingerprint density at radius 2 is 2.10 bits per heavy atom. The van der Waals surface area contributed by atoms with Crippen LogP contribution in [-0.2, 0) is 29.6 Å². The van der Waals surface area contributed by atoms with Crippen molar-refractivity contribution in [1.82, 2.24) is 14.8 Å². The summed E-state index contributed by atoms with van der Waals surface area (Å²) in [6.45, 7) is 2.84. The Hall–Kier alpha value is -3.19. The highest BCUT2D eigenvalue weighted by atomic mass is 35.5. The molecule has 3 heterocycles.